The molecule has 1 amide bonds. The zero-order valence-electron chi connectivity index (χ0n) is 16.3. The summed E-state index contributed by atoms with van der Waals surface area (Å²) in [5.74, 6) is 0.0518. The van der Waals surface area contributed by atoms with E-state index in [1.807, 2.05) is 36.1 Å². The number of rotatable bonds is 2. The molecular formula is C24H26FNO2. The van der Waals surface area contributed by atoms with Crippen molar-refractivity contribution >= 4 is 11.7 Å². The molecule has 1 atom stereocenters. The summed E-state index contributed by atoms with van der Waals surface area (Å²) < 4.78 is 13.5. The fourth-order valence-electron chi connectivity index (χ4n) is 4.71. The third-order valence-corrected chi connectivity index (χ3v) is 6.36. The zero-order valence-corrected chi connectivity index (χ0v) is 16.3. The van der Waals surface area contributed by atoms with Gasteiger partial charge < -0.3 is 4.90 Å². The smallest absolute Gasteiger partial charge is 0.226 e. The Morgan fingerprint density at radius 3 is 2.57 bits per heavy atom. The Hall–Kier alpha value is -2.49. The second-order valence-electron chi connectivity index (χ2n) is 8.12. The Morgan fingerprint density at radius 1 is 1.07 bits per heavy atom. The molecule has 2 aromatic carbocycles. The maximum absolute atomic E-state index is 13.5. The first-order valence-corrected chi connectivity index (χ1v) is 10.2. The van der Waals surface area contributed by atoms with E-state index >= 15 is 0 Å². The van der Waals surface area contributed by atoms with Crippen molar-refractivity contribution in [2.75, 3.05) is 13.1 Å². The van der Waals surface area contributed by atoms with Crippen molar-refractivity contribution in [2.45, 2.75) is 44.9 Å². The maximum atomic E-state index is 13.5. The third kappa shape index (κ3) is 3.73. The predicted octanol–water partition coefficient (Wildman–Crippen LogP) is 4.68. The highest BCUT2D eigenvalue weighted by Gasteiger charge is 2.32. The molecule has 1 aliphatic carbocycles. The summed E-state index contributed by atoms with van der Waals surface area (Å²) in [4.78, 5) is 27.7. The van der Waals surface area contributed by atoms with Crippen molar-refractivity contribution in [3.8, 4) is 0 Å². The van der Waals surface area contributed by atoms with Crippen molar-refractivity contribution in [2.24, 2.45) is 5.92 Å². The van der Waals surface area contributed by atoms with Gasteiger partial charge in [0, 0.05) is 31.0 Å². The molecule has 0 radical (unpaired) electrons. The van der Waals surface area contributed by atoms with Crippen LogP contribution in [-0.2, 0) is 11.2 Å². The first kappa shape index (κ1) is 18.9. The van der Waals surface area contributed by atoms with E-state index < -0.39 is 0 Å². The molecule has 2 aromatic rings. The first-order valence-electron chi connectivity index (χ1n) is 10.2. The average molecular weight is 379 g/mol. The lowest BCUT2D eigenvalue weighted by Crippen LogP contribution is -2.41. The number of nitrogens with zero attached hydrogens (tertiary/aromatic N) is 1. The molecule has 1 fully saturated rings. The number of hydrogen-bond donors (Lipinski definition) is 0. The molecule has 0 N–H and O–H groups in total. The van der Waals surface area contributed by atoms with Crippen LogP contribution in [0.4, 0.5) is 4.39 Å². The molecule has 4 rings (SSSR count). The number of carbonyl (C=O) groups excluding carboxylic acids is 2. The topological polar surface area (TPSA) is 37.4 Å². The van der Waals surface area contributed by atoms with Gasteiger partial charge in [0.15, 0.2) is 5.78 Å². The van der Waals surface area contributed by atoms with Crippen LogP contribution in [0, 0.1) is 18.7 Å². The first-order chi connectivity index (χ1) is 13.5. The zero-order chi connectivity index (χ0) is 19.7. The van der Waals surface area contributed by atoms with Gasteiger partial charge in [0.05, 0.1) is 0 Å². The fraction of sp³-hybridized carbons (Fsp3) is 0.417. The Labute approximate surface area is 165 Å². The number of halogens is 1. The van der Waals surface area contributed by atoms with E-state index in [2.05, 4.69) is 0 Å². The summed E-state index contributed by atoms with van der Waals surface area (Å²) in [5.41, 5.74) is 4.05. The van der Waals surface area contributed by atoms with Crippen LogP contribution < -0.4 is 0 Å². The highest BCUT2D eigenvalue weighted by molar-refractivity contribution is 6.00. The van der Waals surface area contributed by atoms with Gasteiger partial charge in [-0.1, -0.05) is 30.3 Å². The van der Waals surface area contributed by atoms with Gasteiger partial charge in [0.1, 0.15) is 5.82 Å². The van der Waals surface area contributed by atoms with Crippen LogP contribution in [0.5, 0.6) is 0 Å². The van der Waals surface area contributed by atoms with Crippen LogP contribution in [0.3, 0.4) is 0 Å². The highest BCUT2D eigenvalue weighted by Crippen LogP contribution is 2.32. The lowest BCUT2D eigenvalue weighted by molar-refractivity contribution is -0.136. The number of carbonyl (C=O) groups is 2. The number of piperidine rings is 1. The van der Waals surface area contributed by atoms with Crippen molar-refractivity contribution in [1.82, 2.24) is 4.90 Å². The molecular weight excluding hydrogens is 353 g/mol. The number of benzene rings is 2. The van der Waals surface area contributed by atoms with Crippen molar-refractivity contribution in [1.29, 1.82) is 0 Å². The van der Waals surface area contributed by atoms with Gasteiger partial charge >= 0.3 is 0 Å². The molecule has 28 heavy (non-hydrogen) atoms. The molecule has 2 aliphatic rings. The largest absolute Gasteiger partial charge is 0.342 e. The summed E-state index contributed by atoms with van der Waals surface area (Å²) in [6.45, 7) is 3.39. The van der Waals surface area contributed by atoms with E-state index in [1.165, 1.54) is 6.07 Å². The number of amides is 1. The lowest BCUT2D eigenvalue weighted by atomic mass is 9.88. The van der Waals surface area contributed by atoms with Gasteiger partial charge in [0.2, 0.25) is 5.91 Å². The number of fused-ring (bicyclic) bond motifs is 1. The molecule has 0 saturated carbocycles. The lowest BCUT2D eigenvalue weighted by Gasteiger charge is -2.34. The van der Waals surface area contributed by atoms with Gasteiger partial charge in [-0.05, 0) is 67.3 Å². The molecule has 1 aliphatic heterocycles. The second-order valence-corrected chi connectivity index (χ2v) is 8.12. The molecule has 0 aromatic heterocycles. The number of Topliss-reactive ketones (excluding diaryl/α,β-unsaturated/α-hetero) is 1. The average Bonchev–Trinajstić information content (AvgIpc) is 2.88. The van der Waals surface area contributed by atoms with E-state index in [0.29, 0.717) is 25.4 Å². The Bertz CT molecular complexity index is 899. The number of hydrogen-bond acceptors (Lipinski definition) is 2. The molecule has 0 bridgehead atoms. The minimum Gasteiger partial charge on any atom is -0.342 e. The molecule has 1 unspecified atom stereocenters. The van der Waals surface area contributed by atoms with Crippen LogP contribution >= 0.6 is 0 Å². The summed E-state index contributed by atoms with van der Waals surface area (Å²) >= 11 is 0. The molecule has 4 heteroatoms. The van der Waals surface area contributed by atoms with Crippen molar-refractivity contribution in [3.05, 3.63) is 70.5 Å². The minimum atomic E-state index is -0.231. The fourth-order valence-corrected chi connectivity index (χ4v) is 4.71. The van der Waals surface area contributed by atoms with Crippen LogP contribution in [0.1, 0.15) is 58.6 Å². The van der Waals surface area contributed by atoms with Gasteiger partial charge in [-0.2, -0.15) is 0 Å². The third-order valence-electron chi connectivity index (χ3n) is 6.36. The van der Waals surface area contributed by atoms with Crippen molar-refractivity contribution < 1.29 is 14.0 Å². The summed E-state index contributed by atoms with van der Waals surface area (Å²) in [5, 5.41) is 0. The van der Waals surface area contributed by atoms with E-state index in [-0.39, 0.29) is 23.4 Å². The molecule has 0 spiro atoms. The summed E-state index contributed by atoms with van der Waals surface area (Å²) in [6.07, 6.45) is 3.50. The summed E-state index contributed by atoms with van der Waals surface area (Å²) in [6, 6.07) is 12.6. The maximum Gasteiger partial charge on any atom is 0.226 e. The number of ketones is 1. The normalized spacial score (nSPS) is 20.6. The van der Waals surface area contributed by atoms with Gasteiger partial charge in [0.25, 0.3) is 0 Å². The molecule has 3 nitrogen and oxygen atoms in total. The van der Waals surface area contributed by atoms with E-state index in [9.17, 15) is 14.0 Å². The number of aryl methyl sites for hydroxylation is 1. The second kappa shape index (κ2) is 7.86. The van der Waals surface area contributed by atoms with Crippen LogP contribution in [-0.4, -0.2) is 29.7 Å². The van der Waals surface area contributed by atoms with Crippen LogP contribution in [0.2, 0.25) is 0 Å². The van der Waals surface area contributed by atoms with Crippen molar-refractivity contribution in [3.63, 3.8) is 0 Å². The Morgan fingerprint density at radius 2 is 1.82 bits per heavy atom. The Balaban J connectivity index is 1.41. The van der Waals surface area contributed by atoms with Gasteiger partial charge in [-0.3, -0.25) is 9.59 Å². The van der Waals surface area contributed by atoms with E-state index in [0.717, 1.165) is 47.9 Å². The van der Waals surface area contributed by atoms with E-state index in [4.69, 9.17) is 0 Å². The minimum absolute atomic E-state index is 0.0872. The van der Waals surface area contributed by atoms with Crippen LogP contribution in [0.15, 0.2) is 42.5 Å². The summed E-state index contributed by atoms with van der Waals surface area (Å²) in [7, 11) is 0. The molecule has 146 valence electrons. The van der Waals surface area contributed by atoms with Crippen LogP contribution in [0.25, 0.3) is 0 Å². The molecule has 1 saturated heterocycles. The standard InChI is InChI=1S/C24H26FNO2/c1-16-4-2-7-22-21(16)9-8-19(15-23(22)27)24(28)26-12-10-17(11-13-26)18-5-3-6-20(25)14-18/h2-7,14,17,19H,8-13,15H2,1H3. The highest BCUT2D eigenvalue weighted by atomic mass is 19.1. The van der Waals surface area contributed by atoms with E-state index in [1.54, 1.807) is 12.1 Å². The SMILES string of the molecule is Cc1cccc2c1CCC(C(=O)N1CCC(c3cccc(F)c3)CC1)CC2=O. The van der Waals surface area contributed by atoms with Gasteiger partial charge in [-0.25, -0.2) is 4.39 Å². The van der Waals surface area contributed by atoms with Gasteiger partial charge in [-0.15, -0.1) is 0 Å². The monoisotopic (exact) mass is 379 g/mol. The Kier molecular flexibility index (Phi) is 5.29. The molecule has 1 heterocycles. The number of likely N-dealkylation sites (tertiary alicyclic amines) is 1. The quantitative estimate of drug-likeness (QED) is 0.711. The predicted molar refractivity (Wildman–Crippen MR) is 107 cm³/mol.